The van der Waals surface area contributed by atoms with Gasteiger partial charge in [0.1, 0.15) is 0 Å². The Morgan fingerprint density at radius 1 is 0.415 bits per heavy atom. The number of hydrogen-bond acceptors (Lipinski definition) is 16. The van der Waals surface area contributed by atoms with E-state index in [4.69, 9.17) is 37.9 Å². The Hall–Kier alpha value is -4.24. The van der Waals surface area contributed by atoms with E-state index in [1.165, 1.54) is 0 Å². The molecule has 0 aliphatic heterocycles. The molecule has 0 spiro atoms. The lowest BCUT2D eigenvalue weighted by Gasteiger charge is -2.45. The maximum absolute atomic E-state index is 12.3. The van der Waals surface area contributed by atoms with Crippen molar-refractivity contribution in [3.05, 3.63) is 0 Å². The highest BCUT2D eigenvalue weighted by Gasteiger charge is 2.63. The van der Waals surface area contributed by atoms with Gasteiger partial charge in [-0.1, -0.05) is 0 Å². The maximum Gasteiger partial charge on any atom is 0.334 e. The van der Waals surface area contributed by atoms with Crippen LogP contribution in [0.25, 0.3) is 0 Å². The lowest BCUT2D eigenvalue weighted by Crippen LogP contribution is -2.63. The molecule has 0 unspecified atom stereocenters. The van der Waals surface area contributed by atoms with E-state index < -0.39 is 91.2 Å². The third-order valence-corrected chi connectivity index (χ3v) is 4.66. The van der Waals surface area contributed by atoms with Crippen molar-refractivity contribution in [1.29, 1.82) is 0 Å². The van der Waals surface area contributed by atoms with Crippen molar-refractivity contribution in [2.24, 2.45) is 0 Å². The van der Waals surface area contributed by atoms with Gasteiger partial charge in [0.2, 0.25) is 12.6 Å². The first-order valence-corrected chi connectivity index (χ1v) is 12.3. The van der Waals surface area contributed by atoms with Crippen LogP contribution in [-0.2, 0) is 76.3 Å². The van der Waals surface area contributed by atoms with E-state index in [0.717, 1.165) is 55.4 Å². The summed E-state index contributed by atoms with van der Waals surface area (Å²) in [5, 5.41) is 0. The molecule has 16 nitrogen and oxygen atoms in total. The molecule has 0 amide bonds. The first-order chi connectivity index (χ1) is 18.8. The Morgan fingerprint density at radius 3 is 0.951 bits per heavy atom. The number of carbonyl (C=O) groups is 8. The molecule has 0 aromatic heterocycles. The highest BCUT2D eigenvalue weighted by atomic mass is 16.8. The topological polar surface area (TPSA) is 210 Å². The Balaban J connectivity index is 6.93. The molecule has 0 aromatic carbocycles. The molecule has 0 saturated carbocycles. The van der Waals surface area contributed by atoms with Crippen LogP contribution in [0.5, 0.6) is 0 Å². The fourth-order valence-corrected chi connectivity index (χ4v) is 3.70. The number of rotatable bonds is 16. The zero-order valence-corrected chi connectivity index (χ0v) is 24.2. The van der Waals surface area contributed by atoms with Gasteiger partial charge in [0.25, 0.3) is 0 Å². The van der Waals surface area contributed by atoms with E-state index in [2.05, 4.69) is 0 Å². The van der Waals surface area contributed by atoms with Crippen LogP contribution in [0.1, 0.15) is 87.5 Å². The second-order valence-electron chi connectivity index (χ2n) is 8.61. The molecule has 0 rings (SSSR count). The molecule has 0 aliphatic carbocycles. The highest BCUT2D eigenvalue weighted by molar-refractivity contribution is 5.72. The molecule has 0 atom stereocenters. The monoisotopic (exact) mass is 592 g/mol. The lowest BCUT2D eigenvalue weighted by atomic mass is 9.93. The van der Waals surface area contributed by atoms with Crippen LogP contribution in [0.3, 0.4) is 0 Å². The fourth-order valence-electron chi connectivity index (χ4n) is 3.70. The minimum Gasteiger partial charge on any atom is -0.425 e. The molecule has 0 heterocycles. The van der Waals surface area contributed by atoms with Crippen LogP contribution < -0.4 is 0 Å². The average Bonchev–Trinajstić information content (AvgIpc) is 2.73. The molecule has 0 saturated heterocycles. The van der Waals surface area contributed by atoms with Crippen molar-refractivity contribution < 1.29 is 76.3 Å². The third-order valence-electron chi connectivity index (χ3n) is 4.66. The van der Waals surface area contributed by atoms with Gasteiger partial charge < -0.3 is 37.9 Å². The Labute approximate surface area is 236 Å². The van der Waals surface area contributed by atoms with E-state index in [1.807, 2.05) is 0 Å². The van der Waals surface area contributed by atoms with Gasteiger partial charge in [-0.25, -0.2) is 0 Å². The predicted octanol–water partition coefficient (Wildman–Crippen LogP) is 1.49. The molecule has 0 aliphatic rings. The van der Waals surface area contributed by atoms with E-state index in [-0.39, 0.29) is 12.8 Å². The summed E-state index contributed by atoms with van der Waals surface area (Å²) in [6, 6.07) is 0. The summed E-state index contributed by atoms with van der Waals surface area (Å²) in [5.41, 5.74) is 0. The summed E-state index contributed by atoms with van der Waals surface area (Å²) in [6.45, 7) is 7.84. The van der Waals surface area contributed by atoms with E-state index >= 15 is 0 Å². The average molecular weight is 593 g/mol. The second kappa shape index (κ2) is 16.8. The summed E-state index contributed by atoms with van der Waals surface area (Å²) in [7, 11) is 0. The van der Waals surface area contributed by atoms with Gasteiger partial charge in [0, 0.05) is 81.1 Å². The minimum absolute atomic E-state index is 0.229. The summed E-state index contributed by atoms with van der Waals surface area (Å²) in [4.78, 5) is 95.3. The van der Waals surface area contributed by atoms with Crippen LogP contribution in [0, 0.1) is 0 Å². The van der Waals surface area contributed by atoms with Gasteiger partial charge in [0.15, 0.2) is 0 Å². The molecule has 0 bridgehead atoms. The molecular weight excluding hydrogens is 556 g/mol. The van der Waals surface area contributed by atoms with Crippen LogP contribution in [0.2, 0.25) is 0 Å². The lowest BCUT2D eigenvalue weighted by molar-refractivity contribution is -0.369. The van der Waals surface area contributed by atoms with Gasteiger partial charge >= 0.3 is 59.3 Å². The molecule has 0 radical (unpaired) electrons. The number of ether oxygens (including phenoxy) is 8. The Morgan fingerprint density at radius 2 is 0.683 bits per heavy atom. The summed E-state index contributed by atoms with van der Waals surface area (Å²) in [5.74, 6) is -13.1. The normalized spacial score (nSPS) is 11.2. The Bertz CT molecular complexity index is 936. The van der Waals surface area contributed by atoms with Crippen LogP contribution in [-0.4, -0.2) is 71.9 Å². The van der Waals surface area contributed by atoms with Crippen molar-refractivity contribution in [3.63, 3.8) is 0 Å². The first kappa shape index (κ1) is 36.8. The van der Waals surface area contributed by atoms with E-state index in [1.54, 1.807) is 0 Å². The molecule has 0 fully saturated rings. The number of carbonyl (C=O) groups excluding carboxylic acids is 8. The summed E-state index contributed by atoms with van der Waals surface area (Å²) in [6.07, 6.45) is -5.30. The van der Waals surface area contributed by atoms with Crippen LogP contribution >= 0.6 is 0 Å². The van der Waals surface area contributed by atoms with Gasteiger partial charge in [0.05, 0.1) is 0 Å². The van der Waals surface area contributed by atoms with Crippen molar-refractivity contribution >= 4 is 47.8 Å². The minimum atomic E-state index is -2.74. The Kier molecular flexibility index (Phi) is 15.0. The molecule has 232 valence electrons. The van der Waals surface area contributed by atoms with Gasteiger partial charge in [-0.3, -0.25) is 38.4 Å². The van der Waals surface area contributed by atoms with Crippen LogP contribution in [0.4, 0.5) is 0 Å². The number of esters is 8. The maximum atomic E-state index is 12.3. The van der Waals surface area contributed by atoms with Gasteiger partial charge in [-0.2, -0.15) is 0 Å². The molecule has 0 aromatic rings. The SMILES string of the molecule is CC(=O)OC(CCCC(OC(C)=O)(OC(C)=O)C(CCC(OC(C)=O)OC(C)=O)(OC(C)=O)OC(C)=O)OC(C)=O. The second-order valence-corrected chi connectivity index (χ2v) is 8.61. The van der Waals surface area contributed by atoms with Crippen molar-refractivity contribution in [3.8, 4) is 0 Å². The smallest absolute Gasteiger partial charge is 0.334 e. The zero-order chi connectivity index (χ0) is 32.0. The standard InChI is InChI=1S/C25H36O16/c1-14(26)34-22(35-15(2)27)10-9-12-24(38-18(5)30,39-19(6)31)25(40-20(7)32,41-21(8)33)13-11-23(36-16(3)28)37-17(4)29/h22-23H,9-13H2,1-8H3. The highest BCUT2D eigenvalue weighted by Crippen LogP contribution is 2.42. The zero-order valence-electron chi connectivity index (χ0n) is 24.2. The summed E-state index contributed by atoms with van der Waals surface area (Å²) < 4.78 is 41.3. The third kappa shape index (κ3) is 14.1. The molecule has 0 N–H and O–H groups in total. The summed E-state index contributed by atoms with van der Waals surface area (Å²) >= 11 is 0. The van der Waals surface area contributed by atoms with Crippen molar-refractivity contribution in [2.45, 2.75) is 112 Å². The van der Waals surface area contributed by atoms with Gasteiger partial charge in [-0.05, 0) is 6.42 Å². The largest absolute Gasteiger partial charge is 0.425 e. The molecule has 41 heavy (non-hydrogen) atoms. The van der Waals surface area contributed by atoms with Crippen molar-refractivity contribution in [2.75, 3.05) is 0 Å². The van der Waals surface area contributed by atoms with Gasteiger partial charge in [-0.15, -0.1) is 0 Å². The van der Waals surface area contributed by atoms with E-state index in [9.17, 15) is 38.4 Å². The quantitative estimate of drug-likeness (QED) is 0.141. The molecular formula is C25H36O16. The fraction of sp³-hybridized carbons (Fsp3) is 0.680. The number of hydrogen-bond donors (Lipinski definition) is 0. The molecule has 16 heteroatoms. The predicted molar refractivity (Wildman–Crippen MR) is 130 cm³/mol. The van der Waals surface area contributed by atoms with E-state index in [0.29, 0.717) is 0 Å². The van der Waals surface area contributed by atoms with Crippen molar-refractivity contribution in [1.82, 2.24) is 0 Å². The van der Waals surface area contributed by atoms with Crippen LogP contribution in [0.15, 0.2) is 0 Å². The first-order valence-electron chi connectivity index (χ1n) is 12.3.